The van der Waals surface area contributed by atoms with Crippen molar-refractivity contribution in [3.05, 3.63) is 35.4 Å². The number of hydrogen-bond acceptors (Lipinski definition) is 1. The molecule has 1 aromatic carbocycles. The summed E-state index contributed by atoms with van der Waals surface area (Å²) in [6.45, 7) is 8.75. The minimum Gasteiger partial charge on any atom is -0.333 e. The van der Waals surface area contributed by atoms with Gasteiger partial charge >= 0.3 is 0 Å². The zero-order valence-electron chi connectivity index (χ0n) is 12.4. The van der Waals surface area contributed by atoms with Crippen molar-refractivity contribution in [2.45, 2.75) is 59.8 Å². The molecule has 0 amide bonds. The van der Waals surface area contributed by atoms with Gasteiger partial charge in [0.1, 0.15) is 0 Å². The maximum atomic E-state index is 4.50. The van der Waals surface area contributed by atoms with Crippen molar-refractivity contribution in [3.8, 4) is 0 Å². The van der Waals surface area contributed by atoms with Crippen LogP contribution in [0.15, 0.2) is 24.3 Å². The summed E-state index contributed by atoms with van der Waals surface area (Å²) in [6, 6.07) is 8.66. The molecule has 0 saturated carbocycles. The average molecular weight is 237 g/mol. The third-order valence-electron chi connectivity index (χ3n) is 2.49. The molecule has 1 rings (SSSR count). The van der Waals surface area contributed by atoms with Crippen molar-refractivity contribution in [1.82, 2.24) is 0 Å². The zero-order valence-corrected chi connectivity index (χ0v) is 12.4. The predicted octanol–water partition coefficient (Wildman–Crippen LogP) is 4.72. The lowest BCUT2D eigenvalue weighted by molar-refractivity contribution is 0.702. The first-order valence-electron chi connectivity index (χ1n) is 6.87. The highest BCUT2D eigenvalue weighted by molar-refractivity contribution is 5.20. The highest BCUT2D eigenvalue weighted by Crippen LogP contribution is 2.02. The summed E-state index contributed by atoms with van der Waals surface area (Å²) in [4.78, 5) is 0. The highest BCUT2D eigenvalue weighted by Gasteiger charge is 1.84. The molecule has 0 unspecified atom stereocenters. The molecule has 17 heavy (non-hydrogen) atoms. The summed E-state index contributed by atoms with van der Waals surface area (Å²) in [5, 5.41) is 0. The van der Waals surface area contributed by atoms with E-state index >= 15 is 0 Å². The van der Waals surface area contributed by atoms with E-state index in [1.807, 2.05) is 0 Å². The van der Waals surface area contributed by atoms with Crippen LogP contribution in [0.25, 0.3) is 0 Å². The van der Waals surface area contributed by atoms with Crippen molar-refractivity contribution < 1.29 is 0 Å². The summed E-state index contributed by atoms with van der Waals surface area (Å²) in [7, 11) is 1.50. The first kappa shape index (κ1) is 18.5. The molecule has 100 valence electrons. The largest absolute Gasteiger partial charge is 0.333 e. The molecule has 0 spiro atoms. The number of aryl methyl sites for hydroxylation is 2. The normalized spacial score (nSPS) is 8.59. The quantitative estimate of drug-likeness (QED) is 0.753. The molecule has 0 aliphatic carbocycles. The number of rotatable bonds is 4. The molecular formula is C16H31N. The first-order chi connectivity index (χ1) is 8.24. The molecule has 0 fully saturated rings. The Kier molecular flexibility index (Phi) is 16.6. The molecule has 0 heterocycles. The van der Waals surface area contributed by atoms with Crippen LogP contribution in [0.3, 0.4) is 0 Å². The maximum Gasteiger partial charge on any atom is -0.0195 e. The van der Waals surface area contributed by atoms with Crippen molar-refractivity contribution >= 4 is 0 Å². The van der Waals surface area contributed by atoms with Crippen molar-refractivity contribution in [2.75, 3.05) is 7.05 Å². The van der Waals surface area contributed by atoms with Gasteiger partial charge in [-0.2, -0.15) is 0 Å². The molecule has 2 N–H and O–H groups in total. The van der Waals surface area contributed by atoms with Crippen LogP contribution in [0.2, 0.25) is 0 Å². The van der Waals surface area contributed by atoms with Crippen molar-refractivity contribution in [2.24, 2.45) is 5.73 Å². The van der Waals surface area contributed by atoms with E-state index in [1.165, 1.54) is 43.9 Å². The smallest absolute Gasteiger partial charge is 0.0195 e. The third-order valence-corrected chi connectivity index (χ3v) is 2.49. The molecule has 0 radical (unpaired) electrons. The van der Waals surface area contributed by atoms with Crippen LogP contribution in [0.5, 0.6) is 0 Å². The molecule has 0 saturated heterocycles. The molecule has 1 heteroatoms. The predicted molar refractivity (Wildman–Crippen MR) is 80.5 cm³/mol. The fourth-order valence-electron chi connectivity index (χ4n) is 1.32. The maximum absolute atomic E-state index is 4.50. The molecule has 0 aromatic heterocycles. The number of benzene rings is 1. The molecule has 0 aliphatic rings. The van der Waals surface area contributed by atoms with E-state index in [-0.39, 0.29) is 0 Å². The Morgan fingerprint density at radius 2 is 1.24 bits per heavy atom. The summed E-state index contributed by atoms with van der Waals surface area (Å²) in [5.74, 6) is 0. The third kappa shape index (κ3) is 13.1. The summed E-state index contributed by atoms with van der Waals surface area (Å²) < 4.78 is 0. The van der Waals surface area contributed by atoms with Crippen LogP contribution < -0.4 is 5.73 Å². The van der Waals surface area contributed by atoms with Gasteiger partial charge < -0.3 is 5.73 Å². The van der Waals surface area contributed by atoms with E-state index in [2.05, 4.69) is 57.7 Å². The van der Waals surface area contributed by atoms with Gasteiger partial charge in [0.2, 0.25) is 0 Å². The Hall–Kier alpha value is -0.820. The van der Waals surface area contributed by atoms with Crippen LogP contribution in [0.1, 0.15) is 57.6 Å². The molecule has 0 aliphatic heterocycles. The lowest BCUT2D eigenvalue weighted by atomic mass is 10.1. The van der Waals surface area contributed by atoms with Gasteiger partial charge in [-0.05, 0) is 26.0 Å². The minimum atomic E-state index is 1.14. The van der Waals surface area contributed by atoms with Crippen LogP contribution in [-0.2, 0) is 6.42 Å². The second-order valence-electron chi connectivity index (χ2n) is 4.05. The van der Waals surface area contributed by atoms with Crippen LogP contribution in [0, 0.1) is 6.92 Å². The van der Waals surface area contributed by atoms with Gasteiger partial charge in [-0.1, -0.05) is 76.3 Å². The Balaban J connectivity index is 0. The Morgan fingerprint density at radius 3 is 1.53 bits per heavy atom. The van der Waals surface area contributed by atoms with Crippen molar-refractivity contribution in [3.63, 3.8) is 0 Å². The van der Waals surface area contributed by atoms with Gasteiger partial charge in [-0.25, -0.2) is 0 Å². The number of unbranched alkanes of at least 4 members (excludes halogenated alkanes) is 3. The van der Waals surface area contributed by atoms with E-state index in [0.717, 1.165) is 6.42 Å². The topological polar surface area (TPSA) is 26.0 Å². The van der Waals surface area contributed by atoms with E-state index in [4.69, 9.17) is 0 Å². The lowest BCUT2D eigenvalue weighted by Crippen LogP contribution is -1.77. The summed E-state index contributed by atoms with van der Waals surface area (Å²) in [6.07, 6.45) is 6.68. The Bertz CT molecular complexity index is 222. The van der Waals surface area contributed by atoms with Gasteiger partial charge in [0.15, 0.2) is 0 Å². The van der Waals surface area contributed by atoms with Crippen LogP contribution in [-0.4, -0.2) is 7.05 Å². The van der Waals surface area contributed by atoms with E-state index in [1.54, 1.807) is 0 Å². The van der Waals surface area contributed by atoms with E-state index in [0.29, 0.717) is 0 Å². The Morgan fingerprint density at radius 1 is 0.824 bits per heavy atom. The fraction of sp³-hybridized carbons (Fsp3) is 0.625. The second-order valence-corrected chi connectivity index (χ2v) is 4.05. The SMILES string of the molecule is CCCCCC.CCc1ccc(C)cc1.CN. The molecule has 1 aromatic rings. The van der Waals surface area contributed by atoms with Gasteiger partial charge in [0.25, 0.3) is 0 Å². The monoisotopic (exact) mass is 237 g/mol. The second kappa shape index (κ2) is 15.2. The van der Waals surface area contributed by atoms with Crippen LogP contribution in [0.4, 0.5) is 0 Å². The highest BCUT2D eigenvalue weighted by atomic mass is 14.4. The zero-order chi connectivity index (χ0) is 13.5. The summed E-state index contributed by atoms with van der Waals surface area (Å²) in [5.41, 5.74) is 7.26. The lowest BCUT2D eigenvalue weighted by Gasteiger charge is -1.94. The molecule has 0 bridgehead atoms. The number of nitrogens with two attached hydrogens (primary N) is 1. The van der Waals surface area contributed by atoms with Crippen LogP contribution >= 0.6 is 0 Å². The van der Waals surface area contributed by atoms with Gasteiger partial charge in [-0.3, -0.25) is 0 Å². The molecular weight excluding hydrogens is 206 g/mol. The van der Waals surface area contributed by atoms with Gasteiger partial charge in [0, 0.05) is 0 Å². The standard InChI is InChI=1S/C9H12.C6H14.CH5N/c1-3-9-6-4-8(2)5-7-9;1-3-5-6-4-2;1-2/h4-7H,3H2,1-2H3;3-6H2,1-2H3;2H2,1H3. The number of hydrogen-bond donors (Lipinski definition) is 1. The van der Waals surface area contributed by atoms with E-state index < -0.39 is 0 Å². The van der Waals surface area contributed by atoms with E-state index in [9.17, 15) is 0 Å². The minimum absolute atomic E-state index is 1.14. The molecule has 1 nitrogen and oxygen atoms in total. The Labute approximate surface area is 108 Å². The molecule has 0 atom stereocenters. The van der Waals surface area contributed by atoms with Gasteiger partial charge in [-0.15, -0.1) is 0 Å². The van der Waals surface area contributed by atoms with Crippen molar-refractivity contribution in [1.29, 1.82) is 0 Å². The average Bonchev–Trinajstić information content (AvgIpc) is 2.40. The first-order valence-corrected chi connectivity index (χ1v) is 6.87. The fourth-order valence-corrected chi connectivity index (χ4v) is 1.32. The summed E-state index contributed by atoms with van der Waals surface area (Å²) >= 11 is 0. The van der Waals surface area contributed by atoms with Gasteiger partial charge in [0.05, 0.1) is 0 Å².